The molecule has 22 heavy (non-hydrogen) atoms. The zero-order chi connectivity index (χ0) is 15.4. The molecule has 1 aromatic rings. The van der Waals surface area contributed by atoms with Crippen molar-refractivity contribution in [1.29, 1.82) is 0 Å². The molecule has 2 aliphatic heterocycles. The van der Waals surface area contributed by atoms with Crippen LogP contribution in [0, 0.1) is 11.8 Å². The van der Waals surface area contributed by atoms with Gasteiger partial charge in [-0.2, -0.15) is 0 Å². The third-order valence-corrected chi connectivity index (χ3v) is 4.89. The highest BCUT2D eigenvalue weighted by Crippen LogP contribution is 2.51. The van der Waals surface area contributed by atoms with Gasteiger partial charge in [-0.3, -0.25) is 14.4 Å². The second-order valence-corrected chi connectivity index (χ2v) is 6.03. The van der Waals surface area contributed by atoms with E-state index in [0.29, 0.717) is 6.42 Å². The van der Waals surface area contributed by atoms with E-state index in [2.05, 4.69) is 0 Å². The van der Waals surface area contributed by atoms with Gasteiger partial charge in [-0.25, -0.2) is 0 Å². The molecular weight excluding hydrogens is 288 g/mol. The Morgan fingerprint density at radius 3 is 2.27 bits per heavy atom. The first-order valence-corrected chi connectivity index (χ1v) is 7.29. The Bertz CT molecular complexity index is 681. The summed E-state index contributed by atoms with van der Waals surface area (Å²) in [6.07, 6.45) is -0.531. The van der Waals surface area contributed by atoms with Crippen molar-refractivity contribution in [3.05, 3.63) is 35.4 Å². The Kier molecular flexibility index (Phi) is 2.84. The maximum absolute atomic E-state index is 12.0. The molecule has 5 unspecified atom stereocenters. The smallest absolute Gasteiger partial charge is 0.321 e. The van der Waals surface area contributed by atoms with Gasteiger partial charge in [-0.05, 0) is 23.5 Å². The van der Waals surface area contributed by atoms with Crippen LogP contribution in [-0.2, 0) is 23.9 Å². The van der Waals surface area contributed by atoms with Gasteiger partial charge in [0.1, 0.15) is 0 Å². The number of benzene rings is 1. The first-order valence-electron chi connectivity index (χ1n) is 7.29. The second kappa shape index (κ2) is 4.64. The highest BCUT2D eigenvalue weighted by molar-refractivity contribution is 6.00. The fourth-order valence-corrected chi connectivity index (χ4v) is 3.94. The molecule has 1 aromatic carbocycles. The Morgan fingerprint density at radius 1 is 0.864 bits per heavy atom. The van der Waals surface area contributed by atoms with Gasteiger partial charge in [0, 0.05) is 6.42 Å². The third kappa shape index (κ3) is 1.80. The predicted molar refractivity (Wildman–Crippen MR) is 71.3 cm³/mol. The first kappa shape index (κ1) is 13.5. The molecule has 0 bridgehead atoms. The minimum absolute atomic E-state index is 0.207. The second-order valence-electron chi connectivity index (χ2n) is 6.03. The molecule has 5 atom stereocenters. The van der Waals surface area contributed by atoms with Crippen molar-refractivity contribution in [3.8, 4) is 0 Å². The summed E-state index contributed by atoms with van der Waals surface area (Å²) < 4.78 is 9.62. The summed E-state index contributed by atoms with van der Waals surface area (Å²) in [5, 5.41) is 9.54. The van der Waals surface area contributed by atoms with Crippen molar-refractivity contribution in [3.63, 3.8) is 0 Å². The molecule has 6 heteroatoms. The quantitative estimate of drug-likeness (QED) is 0.610. The van der Waals surface area contributed by atoms with Crippen LogP contribution in [-0.4, -0.2) is 29.3 Å². The zero-order valence-corrected chi connectivity index (χ0v) is 11.6. The number of esters is 3. The molecule has 0 saturated carbocycles. The number of hydrogen-bond donors (Lipinski definition) is 1. The summed E-state index contributed by atoms with van der Waals surface area (Å²) in [5.41, 5.74) is 1.61. The lowest BCUT2D eigenvalue weighted by molar-refractivity contribution is -0.157. The number of cyclic esters (lactones) is 3. The molecule has 0 aromatic heterocycles. The summed E-state index contributed by atoms with van der Waals surface area (Å²) in [4.78, 5) is 35.8. The molecule has 1 aliphatic carbocycles. The van der Waals surface area contributed by atoms with Gasteiger partial charge in [0.05, 0.1) is 17.8 Å². The average molecular weight is 302 g/mol. The van der Waals surface area contributed by atoms with Crippen LogP contribution in [0.1, 0.15) is 35.8 Å². The van der Waals surface area contributed by atoms with E-state index in [0.717, 1.165) is 11.1 Å². The van der Waals surface area contributed by atoms with Crippen molar-refractivity contribution in [2.24, 2.45) is 11.8 Å². The molecule has 0 radical (unpaired) electrons. The maximum atomic E-state index is 12.0. The molecule has 0 amide bonds. The van der Waals surface area contributed by atoms with Crippen molar-refractivity contribution in [1.82, 2.24) is 0 Å². The Morgan fingerprint density at radius 2 is 1.59 bits per heavy atom. The largest absolute Gasteiger partial charge is 0.436 e. The third-order valence-electron chi connectivity index (χ3n) is 4.89. The monoisotopic (exact) mass is 302 g/mol. The van der Waals surface area contributed by atoms with Gasteiger partial charge in [0.25, 0.3) is 0 Å². The number of aliphatic hydroxyl groups is 1. The molecule has 3 aliphatic rings. The summed E-state index contributed by atoms with van der Waals surface area (Å²) in [5.74, 6) is -3.39. The summed E-state index contributed by atoms with van der Waals surface area (Å²) in [7, 11) is 0. The molecule has 2 saturated heterocycles. The zero-order valence-electron chi connectivity index (χ0n) is 11.6. The summed E-state index contributed by atoms with van der Waals surface area (Å²) in [6, 6.07) is 7.31. The van der Waals surface area contributed by atoms with E-state index >= 15 is 0 Å². The van der Waals surface area contributed by atoms with Gasteiger partial charge in [-0.15, -0.1) is 0 Å². The molecule has 4 rings (SSSR count). The van der Waals surface area contributed by atoms with Crippen LogP contribution in [0.25, 0.3) is 0 Å². The van der Waals surface area contributed by atoms with Gasteiger partial charge in [0.2, 0.25) is 6.29 Å². The highest BCUT2D eigenvalue weighted by Gasteiger charge is 2.53. The number of fused-ring (bicyclic) bond motifs is 3. The van der Waals surface area contributed by atoms with Crippen molar-refractivity contribution in [2.45, 2.75) is 31.0 Å². The number of carbonyl (C=O) groups is 3. The maximum Gasteiger partial charge on any atom is 0.321 e. The normalized spacial score (nSPS) is 36.6. The van der Waals surface area contributed by atoms with Crippen LogP contribution < -0.4 is 0 Å². The number of rotatable bonds is 1. The van der Waals surface area contributed by atoms with E-state index in [1.165, 1.54) is 0 Å². The average Bonchev–Trinajstić information content (AvgIpc) is 2.97. The van der Waals surface area contributed by atoms with Crippen LogP contribution in [0.5, 0.6) is 0 Å². The Hall–Kier alpha value is -2.21. The molecule has 2 fully saturated rings. The topological polar surface area (TPSA) is 89.9 Å². The van der Waals surface area contributed by atoms with E-state index < -0.39 is 42.0 Å². The van der Waals surface area contributed by atoms with Crippen molar-refractivity contribution in [2.75, 3.05) is 0 Å². The lowest BCUT2D eigenvalue weighted by Crippen LogP contribution is -2.31. The lowest BCUT2D eigenvalue weighted by Gasteiger charge is -2.32. The lowest BCUT2D eigenvalue weighted by atomic mass is 9.67. The molecule has 2 heterocycles. The molecular formula is C16H14O6. The summed E-state index contributed by atoms with van der Waals surface area (Å²) >= 11 is 0. The van der Waals surface area contributed by atoms with Crippen LogP contribution in [0.3, 0.4) is 0 Å². The van der Waals surface area contributed by atoms with E-state index in [1.54, 1.807) is 12.1 Å². The van der Waals surface area contributed by atoms with E-state index in [1.807, 2.05) is 12.1 Å². The van der Waals surface area contributed by atoms with Crippen LogP contribution in [0.4, 0.5) is 0 Å². The van der Waals surface area contributed by atoms with Gasteiger partial charge in [-0.1, -0.05) is 24.3 Å². The fourth-order valence-electron chi connectivity index (χ4n) is 3.94. The molecule has 0 spiro atoms. The standard InChI is InChI=1S/C16H14O6/c17-12-6-10(14(18)21-12)9-5-11-13(16(20)22-15(11)19)8-4-2-1-3-7(8)9/h1-4,9-13,17H,5-6H2. The molecule has 114 valence electrons. The van der Waals surface area contributed by atoms with E-state index in [4.69, 9.17) is 9.47 Å². The van der Waals surface area contributed by atoms with Crippen LogP contribution in [0.15, 0.2) is 24.3 Å². The van der Waals surface area contributed by atoms with E-state index in [-0.39, 0.29) is 12.3 Å². The first-order chi connectivity index (χ1) is 10.6. The summed E-state index contributed by atoms with van der Waals surface area (Å²) in [6.45, 7) is 0. The van der Waals surface area contributed by atoms with Gasteiger partial charge < -0.3 is 14.6 Å². The Balaban J connectivity index is 1.79. The number of carbonyl (C=O) groups excluding carboxylic acids is 3. The van der Waals surface area contributed by atoms with Crippen LogP contribution >= 0.6 is 0 Å². The minimum atomic E-state index is -1.10. The van der Waals surface area contributed by atoms with Gasteiger partial charge >= 0.3 is 17.9 Å². The number of ether oxygens (including phenoxy) is 2. The predicted octanol–water partition coefficient (Wildman–Crippen LogP) is 0.839. The fraction of sp³-hybridized carbons (Fsp3) is 0.438. The molecule has 6 nitrogen and oxygen atoms in total. The number of aliphatic hydroxyl groups excluding tert-OH is 1. The van der Waals surface area contributed by atoms with Crippen molar-refractivity contribution >= 4 is 17.9 Å². The van der Waals surface area contributed by atoms with Gasteiger partial charge in [0.15, 0.2) is 0 Å². The van der Waals surface area contributed by atoms with Crippen molar-refractivity contribution < 1.29 is 29.0 Å². The minimum Gasteiger partial charge on any atom is -0.436 e. The SMILES string of the molecule is O=C1OC(O)CC1C1CC2C(=O)OC(=O)C2c2ccccc21. The number of hydrogen-bond acceptors (Lipinski definition) is 6. The Labute approximate surface area is 126 Å². The van der Waals surface area contributed by atoms with E-state index in [9.17, 15) is 19.5 Å². The highest BCUT2D eigenvalue weighted by atomic mass is 16.6. The van der Waals surface area contributed by atoms with Crippen LogP contribution in [0.2, 0.25) is 0 Å². The molecule has 1 N–H and O–H groups in total.